The Morgan fingerprint density at radius 3 is 2.44 bits per heavy atom. The van der Waals surface area contributed by atoms with Gasteiger partial charge < -0.3 is 15.5 Å². The van der Waals surface area contributed by atoms with Crippen molar-refractivity contribution in [3.8, 4) is 0 Å². The van der Waals surface area contributed by atoms with Crippen molar-refractivity contribution >= 4 is 17.5 Å². The number of hydrogen-bond acceptors (Lipinski definition) is 3. The molecule has 2 aliphatic carbocycles. The molecule has 1 aliphatic heterocycles. The predicted octanol–water partition coefficient (Wildman–Crippen LogP) is 2.79. The Bertz CT molecular complexity index is 678. The van der Waals surface area contributed by atoms with Gasteiger partial charge in [0.25, 0.3) is 0 Å². The summed E-state index contributed by atoms with van der Waals surface area (Å²) in [4.78, 5) is 30.1. The highest BCUT2D eigenvalue weighted by Gasteiger charge is 2.44. The number of benzene rings is 1. The van der Waals surface area contributed by atoms with Gasteiger partial charge >= 0.3 is 0 Å². The Kier molecular flexibility index (Phi) is 5.22. The second-order valence-electron chi connectivity index (χ2n) is 8.45. The molecule has 1 heterocycles. The minimum atomic E-state index is -0.321. The molecule has 3 aliphatic rings. The van der Waals surface area contributed by atoms with Crippen molar-refractivity contribution in [2.24, 2.45) is 23.5 Å². The Morgan fingerprint density at radius 1 is 1.15 bits per heavy atom. The maximum absolute atomic E-state index is 13.4. The van der Waals surface area contributed by atoms with Crippen molar-refractivity contribution in [2.75, 3.05) is 18.0 Å². The van der Waals surface area contributed by atoms with Crippen molar-refractivity contribution in [1.82, 2.24) is 4.90 Å². The van der Waals surface area contributed by atoms with E-state index in [2.05, 4.69) is 0 Å². The number of amides is 2. The average molecular weight is 370 g/mol. The highest BCUT2D eigenvalue weighted by atomic mass is 16.2. The number of carbonyl (C=O) groups excluding carboxylic acids is 2. The van der Waals surface area contributed by atoms with Gasteiger partial charge in [0, 0.05) is 30.7 Å². The molecule has 2 amide bonds. The van der Waals surface area contributed by atoms with Crippen LogP contribution in [0.15, 0.2) is 30.3 Å². The van der Waals surface area contributed by atoms with E-state index in [9.17, 15) is 9.59 Å². The van der Waals surface area contributed by atoms with E-state index >= 15 is 0 Å². The summed E-state index contributed by atoms with van der Waals surface area (Å²) in [5.74, 6) is 1.23. The standard InChI is InChI=1S/C22H31N3O2/c1-2-24(19-11-12-25(22(19)27)18-9-4-3-5-10-18)21(26)17-13-15-7-6-8-16(14-17)20(15)23/h3-5,9-10,15-17,19-20H,2,6-8,11-14,23H2,1H3. The van der Waals surface area contributed by atoms with Gasteiger partial charge in [0.1, 0.15) is 6.04 Å². The Labute approximate surface area is 161 Å². The number of carbonyl (C=O) groups is 2. The van der Waals surface area contributed by atoms with Crippen molar-refractivity contribution < 1.29 is 9.59 Å². The van der Waals surface area contributed by atoms with Crippen molar-refractivity contribution in [1.29, 1.82) is 0 Å². The smallest absolute Gasteiger partial charge is 0.249 e. The van der Waals surface area contributed by atoms with E-state index in [0.717, 1.165) is 31.4 Å². The lowest BCUT2D eigenvalue weighted by Gasteiger charge is -2.44. The number of hydrogen-bond donors (Lipinski definition) is 1. The quantitative estimate of drug-likeness (QED) is 0.887. The van der Waals surface area contributed by atoms with Crippen LogP contribution >= 0.6 is 0 Å². The molecule has 27 heavy (non-hydrogen) atoms. The third-order valence-corrected chi connectivity index (χ3v) is 7.01. The predicted molar refractivity (Wildman–Crippen MR) is 106 cm³/mol. The zero-order valence-corrected chi connectivity index (χ0v) is 16.2. The normalized spacial score (nSPS) is 33.2. The van der Waals surface area contributed by atoms with E-state index in [1.807, 2.05) is 47.1 Å². The zero-order chi connectivity index (χ0) is 19.0. The molecule has 4 rings (SSSR count). The molecule has 5 heteroatoms. The van der Waals surface area contributed by atoms with Gasteiger partial charge in [-0.1, -0.05) is 24.6 Å². The first kappa shape index (κ1) is 18.5. The van der Waals surface area contributed by atoms with Crippen molar-refractivity contribution in [2.45, 2.75) is 57.5 Å². The van der Waals surface area contributed by atoms with Gasteiger partial charge in [-0.05, 0) is 63.0 Å². The Balaban J connectivity index is 1.47. The van der Waals surface area contributed by atoms with E-state index in [1.165, 1.54) is 6.42 Å². The molecular formula is C22H31N3O2. The van der Waals surface area contributed by atoms with Crippen LogP contribution in [0.2, 0.25) is 0 Å². The minimum Gasteiger partial charge on any atom is -0.331 e. The monoisotopic (exact) mass is 369 g/mol. The van der Waals surface area contributed by atoms with Crippen LogP contribution in [0.1, 0.15) is 45.4 Å². The summed E-state index contributed by atoms with van der Waals surface area (Å²) in [6.45, 7) is 3.26. The molecule has 1 aromatic carbocycles. The third-order valence-electron chi connectivity index (χ3n) is 7.01. The largest absolute Gasteiger partial charge is 0.331 e. The molecule has 2 bridgehead atoms. The van der Waals surface area contributed by atoms with Crippen LogP contribution in [0.5, 0.6) is 0 Å². The molecule has 1 saturated heterocycles. The SMILES string of the molecule is CCN(C(=O)C1CC2CCCC(C1)C2N)C1CCN(c2ccccc2)C1=O. The minimum absolute atomic E-state index is 0.0404. The third kappa shape index (κ3) is 3.38. The first-order chi connectivity index (χ1) is 13.1. The van der Waals surface area contributed by atoms with E-state index in [0.29, 0.717) is 31.3 Å². The molecule has 3 atom stereocenters. The second-order valence-corrected chi connectivity index (χ2v) is 8.45. The number of anilines is 1. The zero-order valence-electron chi connectivity index (χ0n) is 16.2. The van der Waals surface area contributed by atoms with Crippen LogP contribution in [0, 0.1) is 17.8 Å². The van der Waals surface area contributed by atoms with E-state index in [1.54, 1.807) is 0 Å². The summed E-state index contributed by atoms with van der Waals surface area (Å²) in [5, 5.41) is 0. The number of nitrogens with two attached hydrogens (primary N) is 1. The van der Waals surface area contributed by atoms with Gasteiger partial charge in [0.05, 0.1) is 0 Å². The number of likely N-dealkylation sites (N-methyl/N-ethyl adjacent to an activating group) is 1. The van der Waals surface area contributed by atoms with Gasteiger partial charge in [-0.3, -0.25) is 9.59 Å². The molecule has 3 unspecified atom stereocenters. The molecule has 2 N–H and O–H groups in total. The van der Waals surface area contributed by atoms with Crippen molar-refractivity contribution in [3.05, 3.63) is 30.3 Å². The van der Waals surface area contributed by atoms with Crippen LogP contribution in [0.25, 0.3) is 0 Å². The number of rotatable bonds is 4. The van der Waals surface area contributed by atoms with Crippen LogP contribution in [-0.2, 0) is 9.59 Å². The Hall–Kier alpha value is -1.88. The Morgan fingerprint density at radius 2 is 1.81 bits per heavy atom. The van der Waals surface area contributed by atoms with Gasteiger partial charge in [0.2, 0.25) is 11.8 Å². The molecule has 2 saturated carbocycles. The first-order valence-corrected chi connectivity index (χ1v) is 10.5. The molecule has 1 aromatic rings. The molecule has 0 spiro atoms. The fraction of sp³-hybridized carbons (Fsp3) is 0.636. The highest BCUT2D eigenvalue weighted by molar-refractivity contribution is 6.01. The summed E-state index contributed by atoms with van der Waals surface area (Å²) in [7, 11) is 0. The van der Waals surface area contributed by atoms with E-state index in [-0.39, 0.29) is 29.8 Å². The maximum atomic E-state index is 13.4. The molecule has 146 valence electrons. The van der Waals surface area contributed by atoms with Crippen LogP contribution in [0.3, 0.4) is 0 Å². The van der Waals surface area contributed by atoms with E-state index in [4.69, 9.17) is 5.73 Å². The van der Waals surface area contributed by atoms with Gasteiger partial charge in [-0.25, -0.2) is 0 Å². The van der Waals surface area contributed by atoms with Crippen molar-refractivity contribution in [3.63, 3.8) is 0 Å². The molecule has 3 fully saturated rings. The lowest BCUT2D eigenvalue weighted by molar-refractivity contribution is -0.144. The topological polar surface area (TPSA) is 66.6 Å². The summed E-state index contributed by atoms with van der Waals surface area (Å²) in [6.07, 6.45) is 6.06. The number of para-hydroxylation sites is 1. The average Bonchev–Trinajstić information content (AvgIpc) is 3.04. The van der Waals surface area contributed by atoms with Gasteiger partial charge in [-0.15, -0.1) is 0 Å². The summed E-state index contributed by atoms with van der Waals surface area (Å²) in [6, 6.07) is 9.71. The maximum Gasteiger partial charge on any atom is 0.249 e. The molecule has 0 aromatic heterocycles. The number of nitrogens with zero attached hydrogens (tertiary/aromatic N) is 2. The fourth-order valence-corrected chi connectivity index (χ4v) is 5.57. The fourth-order valence-electron chi connectivity index (χ4n) is 5.57. The van der Waals surface area contributed by atoms with Crippen LogP contribution in [-0.4, -0.2) is 41.9 Å². The van der Waals surface area contributed by atoms with Gasteiger partial charge in [0.15, 0.2) is 0 Å². The molecular weight excluding hydrogens is 338 g/mol. The van der Waals surface area contributed by atoms with E-state index < -0.39 is 0 Å². The van der Waals surface area contributed by atoms with Crippen LogP contribution in [0.4, 0.5) is 5.69 Å². The highest BCUT2D eigenvalue weighted by Crippen LogP contribution is 2.42. The lowest BCUT2D eigenvalue weighted by Crippen LogP contribution is -2.52. The molecule has 0 radical (unpaired) electrons. The second kappa shape index (κ2) is 7.63. The van der Waals surface area contributed by atoms with Crippen LogP contribution < -0.4 is 10.6 Å². The summed E-state index contributed by atoms with van der Waals surface area (Å²) in [5.41, 5.74) is 7.32. The lowest BCUT2D eigenvalue weighted by atomic mass is 9.65. The first-order valence-electron chi connectivity index (χ1n) is 10.5. The summed E-state index contributed by atoms with van der Waals surface area (Å²) < 4.78 is 0. The summed E-state index contributed by atoms with van der Waals surface area (Å²) >= 11 is 0. The van der Waals surface area contributed by atoms with Gasteiger partial charge in [-0.2, -0.15) is 0 Å². The number of fused-ring (bicyclic) bond motifs is 2. The molecule has 5 nitrogen and oxygen atoms in total.